The number of nitrogens with zero attached hydrogens (tertiary/aromatic N) is 2. The first-order valence-corrected chi connectivity index (χ1v) is 9.20. The van der Waals surface area contributed by atoms with Crippen LogP contribution in [0.25, 0.3) is 0 Å². The predicted octanol–water partition coefficient (Wildman–Crippen LogP) is 3.44. The van der Waals surface area contributed by atoms with Crippen LogP contribution in [0.15, 0.2) is 48.5 Å². The van der Waals surface area contributed by atoms with E-state index in [1.807, 2.05) is 18.2 Å². The van der Waals surface area contributed by atoms with Gasteiger partial charge in [0.2, 0.25) is 0 Å². The lowest BCUT2D eigenvalue weighted by Gasteiger charge is -2.36. The van der Waals surface area contributed by atoms with Gasteiger partial charge >= 0.3 is 6.09 Å². The van der Waals surface area contributed by atoms with Gasteiger partial charge in [-0.3, -0.25) is 4.90 Å². The Bertz CT molecular complexity index is 800. The van der Waals surface area contributed by atoms with Gasteiger partial charge in [-0.1, -0.05) is 36.4 Å². The van der Waals surface area contributed by atoms with Crippen LogP contribution in [0.1, 0.15) is 24.0 Å². The number of anilines is 2. The monoisotopic (exact) mass is 351 g/mol. The average Bonchev–Trinajstić information content (AvgIpc) is 2.96. The second kappa shape index (κ2) is 6.65. The van der Waals surface area contributed by atoms with Gasteiger partial charge in [-0.25, -0.2) is 4.79 Å². The molecular formula is C21H25N3O2. The van der Waals surface area contributed by atoms with Crippen LogP contribution in [-0.2, 0) is 12.0 Å². The first-order valence-electron chi connectivity index (χ1n) is 9.20. The molecule has 2 aliphatic heterocycles. The van der Waals surface area contributed by atoms with Crippen LogP contribution < -0.4 is 15.1 Å². The van der Waals surface area contributed by atoms with Gasteiger partial charge in [-0.2, -0.15) is 0 Å². The van der Waals surface area contributed by atoms with Gasteiger partial charge in [0.25, 0.3) is 0 Å². The molecule has 2 N–H and O–H groups in total. The van der Waals surface area contributed by atoms with E-state index in [9.17, 15) is 9.90 Å². The Morgan fingerprint density at radius 3 is 2.58 bits per heavy atom. The van der Waals surface area contributed by atoms with E-state index in [1.165, 1.54) is 21.7 Å². The molecule has 2 aliphatic rings. The van der Waals surface area contributed by atoms with E-state index in [-0.39, 0.29) is 5.41 Å². The summed E-state index contributed by atoms with van der Waals surface area (Å²) in [5, 5.41) is 13.0. The summed E-state index contributed by atoms with van der Waals surface area (Å²) in [6, 6.07) is 16.6. The molecule has 4 rings (SSSR count). The van der Waals surface area contributed by atoms with E-state index in [0.717, 1.165) is 44.7 Å². The summed E-state index contributed by atoms with van der Waals surface area (Å²) in [5.41, 5.74) is 4.52. The van der Waals surface area contributed by atoms with E-state index in [2.05, 4.69) is 40.5 Å². The van der Waals surface area contributed by atoms with Gasteiger partial charge in [0.15, 0.2) is 0 Å². The van der Waals surface area contributed by atoms with Crippen molar-refractivity contribution < 1.29 is 9.90 Å². The number of fused-ring (bicyclic) bond motifs is 2. The van der Waals surface area contributed by atoms with Crippen LogP contribution in [0.2, 0.25) is 0 Å². The molecule has 2 heterocycles. The lowest BCUT2D eigenvalue weighted by Crippen LogP contribution is -2.43. The van der Waals surface area contributed by atoms with Crippen molar-refractivity contribution in [2.75, 3.05) is 36.5 Å². The van der Waals surface area contributed by atoms with E-state index >= 15 is 0 Å². The third kappa shape index (κ3) is 2.82. The highest BCUT2D eigenvalue weighted by molar-refractivity contribution is 5.89. The van der Waals surface area contributed by atoms with Gasteiger partial charge in [-0.15, -0.1) is 0 Å². The number of piperidine rings is 1. The molecule has 1 spiro atoms. The van der Waals surface area contributed by atoms with Gasteiger partial charge in [0.05, 0.1) is 5.69 Å². The Morgan fingerprint density at radius 2 is 1.88 bits per heavy atom. The Hall–Kier alpha value is -2.53. The van der Waals surface area contributed by atoms with Crippen molar-refractivity contribution in [3.8, 4) is 0 Å². The summed E-state index contributed by atoms with van der Waals surface area (Å²) < 4.78 is 0. The Kier molecular flexibility index (Phi) is 4.32. The molecule has 5 heteroatoms. The number of carbonyl (C=O) groups is 1. The summed E-state index contributed by atoms with van der Waals surface area (Å²) in [6.45, 7) is 3.75. The molecule has 0 radical (unpaired) electrons. The number of benzene rings is 2. The highest BCUT2D eigenvalue weighted by atomic mass is 16.4. The first kappa shape index (κ1) is 16.9. The van der Waals surface area contributed by atoms with Gasteiger partial charge in [0, 0.05) is 36.8 Å². The van der Waals surface area contributed by atoms with E-state index in [1.54, 1.807) is 7.05 Å². The maximum Gasteiger partial charge on any atom is 0.411 e. The molecule has 1 saturated heterocycles. The maximum absolute atomic E-state index is 11.6. The molecule has 0 bridgehead atoms. The van der Waals surface area contributed by atoms with Crippen LogP contribution in [0, 0.1) is 0 Å². The van der Waals surface area contributed by atoms with Crippen LogP contribution in [0.3, 0.4) is 0 Å². The van der Waals surface area contributed by atoms with Crippen molar-refractivity contribution in [1.29, 1.82) is 0 Å². The number of hydrogen-bond acceptors (Lipinski definition) is 3. The van der Waals surface area contributed by atoms with Crippen molar-refractivity contribution in [2.45, 2.75) is 24.8 Å². The Labute approximate surface area is 154 Å². The molecule has 2 aromatic rings. The van der Waals surface area contributed by atoms with Crippen molar-refractivity contribution in [1.82, 2.24) is 5.32 Å². The topological polar surface area (TPSA) is 55.8 Å². The largest absolute Gasteiger partial charge is 0.465 e. The molecular weight excluding hydrogens is 326 g/mol. The smallest absolute Gasteiger partial charge is 0.411 e. The zero-order valence-electron chi connectivity index (χ0n) is 15.1. The molecule has 2 aromatic carbocycles. The van der Waals surface area contributed by atoms with Gasteiger partial charge in [0.1, 0.15) is 0 Å². The third-order valence-corrected chi connectivity index (χ3v) is 5.81. The summed E-state index contributed by atoms with van der Waals surface area (Å²) in [6.07, 6.45) is 1.16. The molecule has 0 aromatic heterocycles. The highest BCUT2D eigenvalue weighted by Gasteiger charge is 2.45. The van der Waals surface area contributed by atoms with Gasteiger partial charge in [-0.05, 0) is 43.6 Å². The fourth-order valence-electron chi connectivity index (χ4n) is 4.51. The summed E-state index contributed by atoms with van der Waals surface area (Å²) >= 11 is 0. The normalized spacial score (nSPS) is 18.0. The molecule has 26 heavy (non-hydrogen) atoms. The fraction of sp³-hybridized carbons (Fsp3) is 0.381. The zero-order valence-corrected chi connectivity index (χ0v) is 15.1. The molecule has 0 unspecified atom stereocenters. The Balaban J connectivity index is 1.79. The van der Waals surface area contributed by atoms with E-state index in [0.29, 0.717) is 0 Å². The number of rotatable bonds is 3. The summed E-state index contributed by atoms with van der Waals surface area (Å²) in [4.78, 5) is 15.4. The molecule has 1 fully saturated rings. The van der Waals surface area contributed by atoms with Crippen molar-refractivity contribution >= 4 is 17.5 Å². The van der Waals surface area contributed by atoms with Crippen LogP contribution in [-0.4, -0.2) is 37.9 Å². The van der Waals surface area contributed by atoms with Crippen LogP contribution in [0.4, 0.5) is 16.2 Å². The number of carboxylic acid groups (broad SMARTS) is 1. The van der Waals surface area contributed by atoms with Gasteiger partial charge < -0.3 is 15.3 Å². The fourth-order valence-corrected chi connectivity index (χ4v) is 4.51. The van der Waals surface area contributed by atoms with Crippen molar-refractivity contribution in [3.05, 3.63) is 59.7 Å². The SMILES string of the molecule is CN(C(=O)O)c1cccc2c1C1(CCNCC1)CN2Cc1ccccc1. The first-order chi connectivity index (χ1) is 12.6. The number of nitrogens with one attached hydrogen (secondary N) is 1. The molecule has 136 valence electrons. The lowest BCUT2D eigenvalue weighted by molar-refractivity contribution is 0.203. The maximum atomic E-state index is 11.6. The average molecular weight is 351 g/mol. The van der Waals surface area contributed by atoms with Crippen molar-refractivity contribution in [2.24, 2.45) is 0 Å². The third-order valence-electron chi connectivity index (χ3n) is 5.81. The summed E-state index contributed by atoms with van der Waals surface area (Å²) in [5.74, 6) is 0. The summed E-state index contributed by atoms with van der Waals surface area (Å²) in [7, 11) is 1.65. The van der Waals surface area contributed by atoms with E-state index < -0.39 is 6.09 Å². The number of hydrogen-bond donors (Lipinski definition) is 2. The highest BCUT2D eigenvalue weighted by Crippen LogP contribution is 2.50. The second-order valence-electron chi connectivity index (χ2n) is 7.38. The minimum absolute atomic E-state index is 0.0235. The lowest BCUT2D eigenvalue weighted by atomic mass is 9.74. The minimum Gasteiger partial charge on any atom is -0.465 e. The molecule has 0 saturated carbocycles. The van der Waals surface area contributed by atoms with Crippen LogP contribution in [0.5, 0.6) is 0 Å². The standard InChI is InChI=1S/C21H25N3O2/c1-23(20(25)26)17-8-5-9-18-19(17)21(10-12-22-13-11-21)15-24(18)14-16-6-3-2-4-7-16/h2-9,22H,10-15H2,1H3,(H,25,26). The number of amides is 1. The second-order valence-corrected chi connectivity index (χ2v) is 7.38. The molecule has 5 nitrogen and oxygen atoms in total. The zero-order chi connectivity index (χ0) is 18.1. The molecule has 0 aliphatic carbocycles. The minimum atomic E-state index is -0.913. The quantitative estimate of drug-likeness (QED) is 0.889. The Morgan fingerprint density at radius 1 is 1.15 bits per heavy atom. The molecule has 1 amide bonds. The van der Waals surface area contributed by atoms with E-state index in [4.69, 9.17) is 0 Å². The van der Waals surface area contributed by atoms with Crippen LogP contribution >= 0.6 is 0 Å². The van der Waals surface area contributed by atoms with Crippen molar-refractivity contribution in [3.63, 3.8) is 0 Å². The molecule has 0 atom stereocenters. The predicted molar refractivity (Wildman–Crippen MR) is 104 cm³/mol.